The SMILES string of the molecule is CCCCC#CC#CC#CC(O)(C#C[Si](C(C)C)(C(C)C)C(C)C)C#C[Si](C(C)C)(C(C)C)C(C)C. The number of hydrogen-bond donors (Lipinski definition) is 1. The highest BCUT2D eigenvalue weighted by Crippen LogP contribution is 2.42. The van der Waals surface area contributed by atoms with Crippen LogP contribution in [-0.4, -0.2) is 26.9 Å². The summed E-state index contributed by atoms with van der Waals surface area (Å²) < 4.78 is 0. The zero-order valence-corrected chi connectivity index (χ0v) is 27.5. The molecule has 0 amide bonds. The normalized spacial score (nSPS) is 11.8. The molecule has 0 aromatic carbocycles. The third-order valence-electron chi connectivity index (χ3n) is 7.83. The monoisotopic (exact) mass is 520 g/mol. The molecule has 0 aliphatic heterocycles. The summed E-state index contributed by atoms with van der Waals surface area (Å²) >= 11 is 0. The summed E-state index contributed by atoms with van der Waals surface area (Å²) in [5.74, 6) is 23.7. The molecule has 1 N–H and O–H groups in total. The van der Waals surface area contributed by atoms with Crippen LogP contribution >= 0.6 is 0 Å². The average molecular weight is 521 g/mol. The van der Waals surface area contributed by atoms with Crippen molar-refractivity contribution in [2.45, 2.75) is 148 Å². The summed E-state index contributed by atoms with van der Waals surface area (Å²) in [5, 5.41) is 11.7. The van der Waals surface area contributed by atoms with Gasteiger partial charge in [-0.3, -0.25) is 0 Å². The Morgan fingerprint density at radius 1 is 0.556 bits per heavy atom. The first-order chi connectivity index (χ1) is 16.6. The molecule has 0 atom stereocenters. The van der Waals surface area contributed by atoms with Crippen molar-refractivity contribution in [2.75, 3.05) is 0 Å². The number of aliphatic hydroxyl groups is 1. The lowest BCUT2D eigenvalue weighted by Crippen LogP contribution is -2.44. The van der Waals surface area contributed by atoms with Crippen LogP contribution in [0, 0.1) is 58.5 Å². The van der Waals surface area contributed by atoms with Crippen LogP contribution in [0.1, 0.15) is 109 Å². The number of hydrogen-bond acceptors (Lipinski definition) is 1. The van der Waals surface area contributed by atoms with Crippen LogP contribution in [0.4, 0.5) is 0 Å². The Balaban J connectivity index is 6.93. The van der Waals surface area contributed by atoms with Gasteiger partial charge >= 0.3 is 0 Å². The average Bonchev–Trinajstić information content (AvgIpc) is 2.75. The van der Waals surface area contributed by atoms with Crippen molar-refractivity contribution < 1.29 is 5.11 Å². The topological polar surface area (TPSA) is 20.2 Å². The van der Waals surface area contributed by atoms with E-state index in [-0.39, 0.29) is 0 Å². The molecule has 3 heteroatoms. The molecule has 0 heterocycles. The van der Waals surface area contributed by atoms with Gasteiger partial charge in [0.15, 0.2) is 0 Å². The Bertz CT molecular complexity index is 909. The third kappa shape index (κ3) is 8.94. The van der Waals surface area contributed by atoms with E-state index in [2.05, 4.69) is 148 Å². The van der Waals surface area contributed by atoms with Gasteiger partial charge in [-0.05, 0) is 81.1 Å². The van der Waals surface area contributed by atoms with Crippen molar-refractivity contribution in [3.05, 3.63) is 0 Å². The van der Waals surface area contributed by atoms with E-state index in [1.54, 1.807) is 0 Å². The molecule has 0 unspecified atom stereocenters. The standard InChI is InChI=1S/C33H52OSi2/c1-14-15-16-17-18-19-20-21-22-33(34,23-25-35(27(2)3,28(4)5)29(6)7)24-26-36(30(8)9,31(10)11)32(12)13/h27-32,34H,14-16H2,1-13H3. The van der Waals surface area contributed by atoms with Gasteiger partial charge in [-0.2, -0.15) is 0 Å². The van der Waals surface area contributed by atoms with Gasteiger partial charge in [0.2, 0.25) is 0 Å². The second kappa shape index (κ2) is 15.4. The zero-order chi connectivity index (χ0) is 28.2. The summed E-state index contributed by atoms with van der Waals surface area (Å²) in [4.78, 5) is 0. The van der Waals surface area contributed by atoms with Crippen LogP contribution < -0.4 is 0 Å². The fourth-order valence-electron chi connectivity index (χ4n) is 5.91. The molecule has 0 aromatic rings. The fraction of sp³-hybridized carbons (Fsp3) is 0.697. The minimum absolute atomic E-state index is 0.462. The summed E-state index contributed by atoms with van der Waals surface area (Å²) in [6.45, 7) is 29.4. The van der Waals surface area contributed by atoms with Gasteiger partial charge in [-0.25, -0.2) is 0 Å². The van der Waals surface area contributed by atoms with Gasteiger partial charge in [0.25, 0.3) is 5.60 Å². The highest BCUT2D eigenvalue weighted by molar-refractivity contribution is 6.91. The van der Waals surface area contributed by atoms with Crippen molar-refractivity contribution in [1.82, 2.24) is 0 Å². The van der Waals surface area contributed by atoms with Gasteiger partial charge in [0.1, 0.15) is 16.1 Å². The van der Waals surface area contributed by atoms with Crippen LogP contribution in [-0.2, 0) is 0 Å². The van der Waals surface area contributed by atoms with Crippen LogP contribution in [0.3, 0.4) is 0 Å². The highest BCUT2D eigenvalue weighted by atomic mass is 28.3. The Hall–Kier alpha value is -1.81. The van der Waals surface area contributed by atoms with E-state index in [4.69, 9.17) is 0 Å². The molecule has 0 saturated heterocycles. The van der Waals surface area contributed by atoms with E-state index in [1.165, 1.54) is 0 Å². The van der Waals surface area contributed by atoms with Gasteiger partial charge in [0.05, 0.1) is 0 Å². The molecule has 36 heavy (non-hydrogen) atoms. The maximum Gasteiger partial charge on any atom is 0.251 e. The summed E-state index contributed by atoms with van der Waals surface area (Å²) in [5.41, 5.74) is 8.36. The molecule has 0 saturated carbocycles. The van der Waals surface area contributed by atoms with Crippen molar-refractivity contribution in [2.24, 2.45) is 0 Å². The van der Waals surface area contributed by atoms with E-state index in [0.29, 0.717) is 33.2 Å². The lowest BCUT2D eigenvalue weighted by atomic mass is 10.1. The second-order valence-electron chi connectivity index (χ2n) is 11.9. The van der Waals surface area contributed by atoms with Crippen molar-refractivity contribution in [3.8, 4) is 58.5 Å². The first kappa shape index (κ1) is 34.2. The smallest absolute Gasteiger partial charge is 0.251 e. The molecule has 0 rings (SSSR count). The van der Waals surface area contributed by atoms with E-state index >= 15 is 0 Å². The van der Waals surface area contributed by atoms with Crippen LogP contribution in [0.25, 0.3) is 0 Å². The number of unbranched alkanes of at least 4 members (excludes halogenated alkanes) is 2. The van der Waals surface area contributed by atoms with Crippen molar-refractivity contribution in [1.29, 1.82) is 0 Å². The first-order valence-corrected chi connectivity index (χ1v) is 18.4. The largest absolute Gasteiger partial charge is 0.357 e. The van der Waals surface area contributed by atoms with E-state index < -0.39 is 21.7 Å². The molecule has 0 spiro atoms. The Labute approximate surface area is 227 Å². The second-order valence-corrected chi connectivity index (χ2v) is 23.1. The van der Waals surface area contributed by atoms with E-state index in [9.17, 15) is 5.11 Å². The molecular formula is C33H52OSi2. The van der Waals surface area contributed by atoms with Crippen LogP contribution in [0.2, 0.25) is 33.2 Å². The van der Waals surface area contributed by atoms with Gasteiger partial charge in [-0.1, -0.05) is 102 Å². The van der Waals surface area contributed by atoms with Crippen LogP contribution in [0.15, 0.2) is 0 Å². The lowest BCUT2D eigenvalue weighted by molar-refractivity contribution is 0.224. The molecular weight excluding hydrogens is 469 g/mol. The van der Waals surface area contributed by atoms with Gasteiger partial charge < -0.3 is 5.11 Å². The van der Waals surface area contributed by atoms with Crippen molar-refractivity contribution >= 4 is 16.1 Å². The molecule has 0 radical (unpaired) electrons. The molecule has 0 aromatic heterocycles. The maximum absolute atomic E-state index is 11.7. The Kier molecular flexibility index (Phi) is 14.7. The fourth-order valence-corrected chi connectivity index (χ4v) is 16.4. The molecule has 1 nitrogen and oxygen atoms in total. The number of rotatable bonds is 8. The quantitative estimate of drug-likeness (QED) is 0.194. The lowest BCUT2D eigenvalue weighted by Gasteiger charge is -2.38. The highest BCUT2D eigenvalue weighted by Gasteiger charge is 2.43. The molecule has 198 valence electrons. The Morgan fingerprint density at radius 3 is 1.25 bits per heavy atom. The summed E-state index contributed by atoms with van der Waals surface area (Å²) in [7, 11) is -4.11. The first-order valence-electron chi connectivity index (χ1n) is 13.9. The zero-order valence-electron chi connectivity index (χ0n) is 25.5. The molecule has 0 fully saturated rings. The summed E-state index contributed by atoms with van der Waals surface area (Å²) in [6.07, 6.45) is 3.04. The van der Waals surface area contributed by atoms with E-state index in [0.717, 1.165) is 19.3 Å². The predicted molar refractivity (Wildman–Crippen MR) is 165 cm³/mol. The Morgan fingerprint density at radius 2 is 0.917 bits per heavy atom. The molecule has 0 aliphatic rings. The van der Waals surface area contributed by atoms with E-state index in [1.807, 2.05) is 0 Å². The summed E-state index contributed by atoms with van der Waals surface area (Å²) in [6, 6.07) is 0. The molecule has 0 aliphatic carbocycles. The molecule has 0 bridgehead atoms. The van der Waals surface area contributed by atoms with Crippen molar-refractivity contribution in [3.63, 3.8) is 0 Å². The minimum Gasteiger partial charge on any atom is -0.357 e. The predicted octanol–water partition coefficient (Wildman–Crippen LogP) is 8.36. The van der Waals surface area contributed by atoms with Gasteiger partial charge in [0, 0.05) is 6.42 Å². The van der Waals surface area contributed by atoms with Gasteiger partial charge in [-0.15, -0.1) is 11.1 Å². The minimum atomic E-state index is -2.05. The maximum atomic E-state index is 11.7. The third-order valence-corrected chi connectivity index (χ3v) is 20.4. The van der Waals surface area contributed by atoms with Crippen LogP contribution in [0.5, 0.6) is 0 Å².